The lowest BCUT2D eigenvalue weighted by Crippen LogP contribution is -2.33. The Hall–Kier alpha value is -3.40. The number of furan rings is 1. The van der Waals surface area contributed by atoms with Gasteiger partial charge in [0.1, 0.15) is 17.3 Å². The fraction of sp³-hybridized carbons (Fsp3) is 0.571. The number of nitrogens with one attached hydrogen (secondary N) is 1. The molecule has 38 heavy (non-hydrogen) atoms. The summed E-state index contributed by atoms with van der Waals surface area (Å²) in [4.78, 5) is 30.7. The second-order valence-electron chi connectivity index (χ2n) is 11.0. The second kappa shape index (κ2) is 11.1. The average Bonchev–Trinajstić information content (AvgIpc) is 3.49. The minimum Gasteiger partial charge on any atom is -0.490 e. The summed E-state index contributed by atoms with van der Waals surface area (Å²) >= 11 is 0. The van der Waals surface area contributed by atoms with Crippen LogP contribution in [-0.4, -0.2) is 51.5 Å². The van der Waals surface area contributed by atoms with E-state index in [-0.39, 0.29) is 23.8 Å². The molecule has 204 valence electrons. The predicted molar refractivity (Wildman–Crippen MR) is 145 cm³/mol. The second-order valence-corrected chi connectivity index (χ2v) is 11.0. The normalized spacial score (nSPS) is 17.2. The number of hydrogen-bond donors (Lipinski definition) is 1. The highest BCUT2D eigenvalue weighted by molar-refractivity contribution is 5.98. The molecule has 10 heteroatoms. The summed E-state index contributed by atoms with van der Waals surface area (Å²) < 4.78 is 13.9. The van der Waals surface area contributed by atoms with Crippen LogP contribution in [0.25, 0.3) is 22.6 Å². The molecule has 3 aromatic rings. The van der Waals surface area contributed by atoms with Crippen molar-refractivity contribution in [1.29, 1.82) is 0 Å². The van der Waals surface area contributed by atoms with Crippen molar-refractivity contribution in [3.8, 4) is 17.3 Å². The van der Waals surface area contributed by atoms with Crippen molar-refractivity contribution in [3.63, 3.8) is 0 Å². The van der Waals surface area contributed by atoms with E-state index >= 15 is 0 Å². The number of anilines is 1. The maximum atomic E-state index is 12.7. The number of carbonyl (C=O) groups excluding carboxylic acids is 1. The number of fused-ring (bicyclic) bond motifs is 1. The number of rotatable bonds is 11. The Morgan fingerprint density at radius 1 is 1.21 bits per heavy atom. The van der Waals surface area contributed by atoms with Crippen LogP contribution < -0.4 is 10.1 Å². The number of nitrogens with zero attached hydrogens (tertiary/aromatic N) is 4. The summed E-state index contributed by atoms with van der Waals surface area (Å²) in [5.74, 6) is 1.62. The Morgan fingerprint density at radius 2 is 1.97 bits per heavy atom. The molecule has 0 spiro atoms. The van der Waals surface area contributed by atoms with Crippen molar-refractivity contribution in [2.75, 3.05) is 31.6 Å². The van der Waals surface area contributed by atoms with Gasteiger partial charge >= 0.3 is 5.88 Å². The summed E-state index contributed by atoms with van der Waals surface area (Å²) in [5, 5.41) is 14.3. The molecule has 1 aliphatic heterocycles. The summed E-state index contributed by atoms with van der Waals surface area (Å²) in [6, 6.07) is 6.78. The van der Waals surface area contributed by atoms with Crippen molar-refractivity contribution >= 4 is 28.5 Å². The fourth-order valence-corrected chi connectivity index (χ4v) is 5.34. The van der Waals surface area contributed by atoms with Crippen LogP contribution in [0.2, 0.25) is 0 Å². The number of hydrogen-bond acceptors (Lipinski definition) is 7. The van der Waals surface area contributed by atoms with Crippen molar-refractivity contribution < 1.29 is 18.9 Å². The van der Waals surface area contributed by atoms with E-state index in [1.54, 1.807) is 6.07 Å². The minimum absolute atomic E-state index is 0.000258. The van der Waals surface area contributed by atoms with Crippen molar-refractivity contribution in [2.24, 2.45) is 11.8 Å². The Labute approximate surface area is 222 Å². The first-order chi connectivity index (χ1) is 18.3. The van der Waals surface area contributed by atoms with E-state index in [4.69, 9.17) is 14.1 Å². The fourth-order valence-electron chi connectivity index (χ4n) is 5.34. The van der Waals surface area contributed by atoms with Crippen LogP contribution in [-0.2, 0) is 4.79 Å². The smallest absolute Gasteiger partial charge is 0.433 e. The molecule has 2 aliphatic rings. The van der Waals surface area contributed by atoms with Crippen LogP contribution in [0.15, 0.2) is 28.7 Å². The van der Waals surface area contributed by atoms with Gasteiger partial charge in [0.2, 0.25) is 5.91 Å². The van der Waals surface area contributed by atoms with E-state index in [1.165, 1.54) is 25.3 Å². The van der Waals surface area contributed by atoms with Gasteiger partial charge in [-0.3, -0.25) is 19.8 Å². The first kappa shape index (κ1) is 26.2. The Balaban J connectivity index is 1.53. The van der Waals surface area contributed by atoms with Gasteiger partial charge in [-0.1, -0.05) is 20.3 Å². The molecule has 1 atom stereocenters. The summed E-state index contributed by atoms with van der Waals surface area (Å²) in [7, 11) is 0. The number of benzene rings is 1. The molecular formula is C28H37N5O5. The molecular weight excluding hydrogens is 486 g/mol. The minimum atomic E-state index is -0.548. The molecule has 10 nitrogen and oxygen atoms in total. The molecule has 5 rings (SSSR count). The Kier molecular flexibility index (Phi) is 7.69. The summed E-state index contributed by atoms with van der Waals surface area (Å²) in [6.07, 6.45) is 6.41. The van der Waals surface area contributed by atoms with Gasteiger partial charge in [0.25, 0.3) is 0 Å². The zero-order chi connectivity index (χ0) is 26.8. The van der Waals surface area contributed by atoms with E-state index < -0.39 is 4.92 Å². The third-order valence-corrected chi connectivity index (χ3v) is 7.36. The van der Waals surface area contributed by atoms with E-state index in [0.29, 0.717) is 41.1 Å². The first-order valence-corrected chi connectivity index (χ1v) is 13.8. The van der Waals surface area contributed by atoms with Crippen LogP contribution in [0.4, 0.5) is 11.6 Å². The first-order valence-electron chi connectivity index (χ1n) is 13.8. The van der Waals surface area contributed by atoms with Crippen LogP contribution in [0.1, 0.15) is 65.3 Å². The van der Waals surface area contributed by atoms with Crippen LogP contribution in [0.5, 0.6) is 5.75 Å². The number of likely N-dealkylation sites (tertiary alicyclic amines) is 1. The molecule has 1 N–H and O–H groups in total. The van der Waals surface area contributed by atoms with Gasteiger partial charge in [0, 0.05) is 24.6 Å². The summed E-state index contributed by atoms with van der Waals surface area (Å²) in [6.45, 7) is 9.96. The maximum absolute atomic E-state index is 12.7. The largest absolute Gasteiger partial charge is 0.490 e. The average molecular weight is 524 g/mol. The lowest BCUT2D eigenvalue weighted by molar-refractivity contribution is -0.401. The van der Waals surface area contributed by atoms with Gasteiger partial charge in [-0.2, -0.15) is 0 Å². The molecule has 2 fully saturated rings. The molecule has 1 unspecified atom stereocenters. The highest BCUT2D eigenvalue weighted by Gasteiger charge is 2.31. The molecule has 0 radical (unpaired) electrons. The standard InChI is InChI=1S/C28H37N5O5/c1-18(2)15-19(3)32-23-17-25(37-14-13-31-11-5-4-6-12-31)22(30-28(34)20-7-8-20)16-21(23)29-27(32)24-9-10-26(38-24)33(35)36/h9-10,16-20H,4-8,11-15H2,1-3H3,(H,30,34). The number of aromatic nitrogens is 2. The predicted octanol–water partition coefficient (Wildman–Crippen LogP) is 6.02. The number of amides is 1. The van der Waals surface area contributed by atoms with E-state index in [2.05, 4.69) is 35.6 Å². The van der Waals surface area contributed by atoms with Crippen molar-refractivity contribution in [2.45, 2.75) is 65.3 Å². The van der Waals surface area contributed by atoms with Crippen molar-refractivity contribution in [3.05, 3.63) is 34.4 Å². The molecule has 2 aromatic heterocycles. The van der Waals surface area contributed by atoms with E-state index in [9.17, 15) is 14.9 Å². The Morgan fingerprint density at radius 3 is 2.63 bits per heavy atom. The van der Waals surface area contributed by atoms with Gasteiger partial charge in [-0.25, -0.2) is 4.98 Å². The van der Waals surface area contributed by atoms with Gasteiger partial charge in [0.05, 0.1) is 22.8 Å². The Bertz CT molecular complexity index is 1300. The number of carbonyl (C=O) groups is 1. The maximum Gasteiger partial charge on any atom is 0.433 e. The molecule has 1 aromatic carbocycles. The zero-order valence-electron chi connectivity index (χ0n) is 22.4. The molecule has 1 saturated heterocycles. The lowest BCUT2D eigenvalue weighted by atomic mass is 10.0. The molecule has 3 heterocycles. The third-order valence-electron chi connectivity index (χ3n) is 7.36. The van der Waals surface area contributed by atoms with Crippen LogP contribution in [0.3, 0.4) is 0 Å². The van der Waals surface area contributed by atoms with Crippen LogP contribution >= 0.6 is 0 Å². The van der Waals surface area contributed by atoms with Gasteiger partial charge in [0.15, 0.2) is 11.6 Å². The third kappa shape index (κ3) is 5.85. The topological polar surface area (TPSA) is 116 Å². The van der Waals surface area contributed by atoms with E-state index in [0.717, 1.165) is 44.4 Å². The highest BCUT2D eigenvalue weighted by Crippen LogP contribution is 2.39. The summed E-state index contributed by atoms with van der Waals surface area (Å²) in [5.41, 5.74) is 2.11. The quantitative estimate of drug-likeness (QED) is 0.241. The molecule has 1 amide bonds. The van der Waals surface area contributed by atoms with Gasteiger partial charge in [-0.15, -0.1) is 0 Å². The number of imidazole rings is 1. The number of nitro groups is 1. The monoisotopic (exact) mass is 523 g/mol. The zero-order valence-corrected chi connectivity index (χ0v) is 22.4. The van der Waals surface area contributed by atoms with Crippen molar-refractivity contribution in [1.82, 2.24) is 14.5 Å². The van der Waals surface area contributed by atoms with Gasteiger partial charge < -0.3 is 19.0 Å². The molecule has 0 bridgehead atoms. The number of piperidine rings is 1. The van der Waals surface area contributed by atoms with Crippen LogP contribution in [0, 0.1) is 22.0 Å². The van der Waals surface area contributed by atoms with Gasteiger partial charge in [-0.05, 0) is 70.2 Å². The number of ether oxygens (including phenoxy) is 1. The lowest BCUT2D eigenvalue weighted by Gasteiger charge is -2.26. The van der Waals surface area contributed by atoms with E-state index in [1.807, 2.05) is 12.1 Å². The highest BCUT2D eigenvalue weighted by atomic mass is 16.6. The molecule has 1 saturated carbocycles. The molecule has 1 aliphatic carbocycles. The SMILES string of the molecule is CC(C)CC(C)n1c(-c2ccc([N+](=O)[O-])o2)nc2cc(NC(=O)C3CC3)c(OCCN3CCCCC3)cc21.